The van der Waals surface area contributed by atoms with Crippen molar-refractivity contribution in [3.63, 3.8) is 0 Å². The molecule has 1 N–H and O–H groups in total. The second-order valence-corrected chi connectivity index (χ2v) is 6.63. The highest BCUT2D eigenvalue weighted by Gasteiger charge is 2.27. The van der Waals surface area contributed by atoms with Gasteiger partial charge in [-0.3, -0.25) is 4.79 Å². The van der Waals surface area contributed by atoms with E-state index in [2.05, 4.69) is 19.2 Å². The van der Waals surface area contributed by atoms with Crippen molar-refractivity contribution in [1.29, 1.82) is 0 Å². The van der Waals surface area contributed by atoms with Gasteiger partial charge in [-0.05, 0) is 37.3 Å². The average Bonchev–Trinajstić information content (AvgIpc) is 3.00. The van der Waals surface area contributed by atoms with Crippen molar-refractivity contribution in [3.8, 4) is 0 Å². The largest absolute Gasteiger partial charge is 0.469 e. The van der Waals surface area contributed by atoms with Gasteiger partial charge in [0, 0.05) is 19.4 Å². The molecule has 0 unspecified atom stereocenters. The summed E-state index contributed by atoms with van der Waals surface area (Å²) in [6.07, 6.45) is 8.49. The Morgan fingerprint density at radius 3 is 2.95 bits per heavy atom. The zero-order chi connectivity index (χ0) is 15.8. The number of amides is 1. The summed E-state index contributed by atoms with van der Waals surface area (Å²) in [4.78, 5) is 12.1. The Labute approximate surface area is 133 Å². The Morgan fingerprint density at radius 1 is 1.41 bits per heavy atom. The van der Waals surface area contributed by atoms with Gasteiger partial charge >= 0.3 is 0 Å². The molecule has 0 radical (unpaired) electrons. The van der Waals surface area contributed by atoms with E-state index in [1.54, 1.807) is 6.26 Å². The Bertz CT molecular complexity index is 428. The zero-order valence-electron chi connectivity index (χ0n) is 13.8. The topological polar surface area (TPSA) is 51.5 Å². The van der Waals surface area contributed by atoms with Gasteiger partial charge in [0.2, 0.25) is 5.91 Å². The molecule has 4 nitrogen and oxygen atoms in total. The molecule has 1 aromatic rings. The van der Waals surface area contributed by atoms with Crippen molar-refractivity contribution >= 4 is 5.91 Å². The van der Waals surface area contributed by atoms with Gasteiger partial charge in [0.15, 0.2) is 0 Å². The number of hydrogen-bond acceptors (Lipinski definition) is 3. The maximum Gasteiger partial charge on any atom is 0.220 e. The first-order valence-electron chi connectivity index (χ1n) is 8.58. The monoisotopic (exact) mass is 307 g/mol. The molecule has 1 aliphatic rings. The van der Waals surface area contributed by atoms with Crippen LogP contribution < -0.4 is 5.32 Å². The number of ether oxygens (including phenoxy) is 1. The maximum atomic E-state index is 12.1. The number of rotatable bonds is 8. The van der Waals surface area contributed by atoms with E-state index in [1.807, 2.05) is 12.1 Å². The summed E-state index contributed by atoms with van der Waals surface area (Å²) in [5.41, 5.74) is 0. The van der Waals surface area contributed by atoms with Crippen LogP contribution >= 0.6 is 0 Å². The molecule has 1 heterocycles. The van der Waals surface area contributed by atoms with E-state index in [4.69, 9.17) is 9.15 Å². The normalized spacial score (nSPS) is 22.0. The van der Waals surface area contributed by atoms with E-state index in [0.717, 1.165) is 31.6 Å². The molecule has 124 valence electrons. The maximum absolute atomic E-state index is 12.1. The van der Waals surface area contributed by atoms with Crippen molar-refractivity contribution in [2.24, 2.45) is 5.92 Å². The molecule has 22 heavy (non-hydrogen) atoms. The molecule has 4 heteroatoms. The standard InChI is InChI=1S/C18H29NO3/c1-14(2)11-13-22-17-8-4-3-7-16(17)19-18(20)10-9-15-6-5-12-21-15/h5-6,12,14,16-17H,3-4,7-11,13H2,1-2H3,(H,19,20)/t16-,17-/m0/s1. The SMILES string of the molecule is CC(C)CCO[C@H]1CCCC[C@@H]1NC(=O)CCc1ccco1. The first-order chi connectivity index (χ1) is 10.6. The highest BCUT2D eigenvalue weighted by molar-refractivity contribution is 5.76. The van der Waals surface area contributed by atoms with E-state index in [-0.39, 0.29) is 18.1 Å². The molecular formula is C18H29NO3. The number of furan rings is 1. The summed E-state index contributed by atoms with van der Waals surface area (Å²) in [6, 6.07) is 3.93. The first-order valence-corrected chi connectivity index (χ1v) is 8.58. The highest BCUT2D eigenvalue weighted by atomic mass is 16.5. The highest BCUT2D eigenvalue weighted by Crippen LogP contribution is 2.22. The summed E-state index contributed by atoms with van der Waals surface area (Å²) in [5.74, 6) is 1.62. The third-order valence-corrected chi connectivity index (χ3v) is 4.25. The molecule has 0 aromatic carbocycles. The van der Waals surface area contributed by atoms with Crippen molar-refractivity contribution in [2.75, 3.05) is 6.61 Å². The number of nitrogens with one attached hydrogen (secondary N) is 1. The summed E-state index contributed by atoms with van der Waals surface area (Å²) in [5, 5.41) is 3.16. The molecule has 1 saturated carbocycles. The molecule has 1 aliphatic carbocycles. The molecule has 1 fully saturated rings. The third-order valence-electron chi connectivity index (χ3n) is 4.25. The van der Waals surface area contributed by atoms with E-state index < -0.39 is 0 Å². The van der Waals surface area contributed by atoms with E-state index in [1.165, 1.54) is 12.8 Å². The van der Waals surface area contributed by atoms with Crippen LogP contribution in [0.4, 0.5) is 0 Å². The molecule has 1 aromatic heterocycles. The summed E-state index contributed by atoms with van der Waals surface area (Å²) < 4.78 is 11.3. The Kier molecular flexibility index (Phi) is 6.97. The fraction of sp³-hybridized carbons (Fsp3) is 0.722. The van der Waals surface area contributed by atoms with Gasteiger partial charge in [-0.2, -0.15) is 0 Å². The predicted octanol–water partition coefficient (Wildman–Crippen LogP) is 3.70. The second-order valence-electron chi connectivity index (χ2n) is 6.63. The van der Waals surface area contributed by atoms with Crippen molar-refractivity contribution in [1.82, 2.24) is 5.32 Å². The average molecular weight is 307 g/mol. The van der Waals surface area contributed by atoms with Crippen LogP contribution in [0.25, 0.3) is 0 Å². The zero-order valence-corrected chi connectivity index (χ0v) is 13.8. The Balaban J connectivity index is 1.73. The van der Waals surface area contributed by atoms with Crippen molar-refractivity contribution in [3.05, 3.63) is 24.2 Å². The Morgan fingerprint density at radius 2 is 2.23 bits per heavy atom. The van der Waals surface area contributed by atoms with Crippen LogP contribution in [0.3, 0.4) is 0 Å². The summed E-state index contributed by atoms with van der Waals surface area (Å²) in [7, 11) is 0. The number of aryl methyl sites for hydroxylation is 1. The number of hydrogen-bond donors (Lipinski definition) is 1. The van der Waals surface area contributed by atoms with Gasteiger partial charge < -0.3 is 14.5 Å². The molecule has 1 amide bonds. The lowest BCUT2D eigenvalue weighted by Crippen LogP contribution is -2.46. The van der Waals surface area contributed by atoms with Gasteiger partial charge in [0.05, 0.1) is 18.4 Å². The first kappa shape index (κ1) is 17.1. The fourth-order valence-electron chi connectivity index (χ4n) is 2.89. The van der Waals surface area contributed by atoms with Crippen LogP contribution in [0.2, 0.25) is 0 Å². The number of carbonyl (C=O) groups is 1. The van der Waals surface area contributed by atoms with Crippen LogP contribution in [-0.4, -0.2) is 24.7 Å². The molecule has 2 atom stereocenters. The molecule has 0 spiro atoms. The minimum Gasteiger partial charge on any atom is -0.469 e. The van der Waals surface area contributed by atoms with Crippen LogP contribution in [-0.2, 0) is 16.0 Å². The van der Waals surface area contributed by atoms with Gasteiger partial charge in [-0.25, -0.2) is 0 Å². The fourth-order valence-corrected chi connectivity index (χ4v) is 2.89. The number of carbonyl (C=O) groups excluding carboxylic acids is 1. The molecule has 0 saturated heterocycles. The van der Waals surface area contributed by atoms with Crippen LogP contribution in [0.5, 0.6) is 0 Å². The van der Waals surface area contributed by atoms with E-state index in [0.29, 0.717) is 18.8 Å². The van der Waals surface area contributed by atoms with Crippen LogP contribution in [0, 0.1) is 5.92 Å². The minimum absolute atomic E-state index is 0.0979. The summed E-state index contributed by atoms with van der Waals surface area (Å²) >= 11 is 0. The van der Waals surface area contributed by atoms with Crippen LogP contribution in [0.15, 0.2) is 22.8 Å². The lowest BCUT2D eigenvalue weighted by molar-refractivity contribution is -0.123. The van der Waals surface area contributed by atoms with Gasteiger partial charge in [0.1, 0.15) is 5.76 Å². The van der Waals surface area contributed by atoms with Gasteiger partial charge in [-0.1, -0.05) is 26.7 Å². The lowest BCUT2D eigenvalue weighted by Gasteiger charge is -2.32. The van der Waals surface area contributed by atoms with E-state index >= 15 is 0 Å². The van der Waals surface area contributed by atoms with Crippen molar-refractivity contribution in [2.45, 2.75) is 70.9 Å². The van der Waals surface area contributed by atoms with Gasteiger partial charge in [-0.15, -0.1) is 0 Å². The lowest BCUT2D eigenvalue weighted by atomic mass is 9.92. The minimum atomic E-state index is 0.0979. The molecule has 0 aliphatic heterocycles. The Hall–Kier alpha value is -1.29. The summed E-state index contributed by atoms with van der Waals surface area (Å²) in [6.45, 7) is 5.21. The van der Waals surface area contributed by atoms with Gasteiger partial charge in [0.25, 0.3) is 0 Å². The quantitative estimate of drug-likeness (QED) is 0.796. The second kappa shape index (κ2) is 8.99. The van der Waals surface area contributed by atoms with E-state index in [9.17, 15) is 4.79 Å². The van der Waals surface area contributed by atoms with Crippen LogP contribution in [0.1, 0.15) is 58.1 Å². The third kappa shape index (κ3) is 5.84. The smallest absolute Gasteiger partial charge is 0.220 e. The predicted molar refractivity (Wildman–Crippen MR) is 86.6 cm³/mol. The molecular weight excluding hydrogens is 278 g/mol. The van der Waals surface area contributed by atoms with Crippen molar-refractivity contribution < 1.29 is 13.9 Å². The molecule has 0 bridgehead atoms. The molecule has 2 rings (SSSR count).